The smallest absolute Gasteiger partial charge is 0.338 e. The second-order valence-corrected chi connectivity index (χ2v) is 5.57. The SMILES string of the molecule is CCOC(=O)C1(O)CCN(c2cc(Cl)ccc2[N+](=O)[O-])CC1. The highest BCUT2D eigenvalue weighted by molar-refractivity contribution is 6.31. The maximum absolute atomic E-state index is 11.8. The van der Waals surface area contributed by atoms with Crippen molar-refractivity contribution in [3.8, 4) is 0 Å². The van der Waals surface area contributed by atoms with E-state index in [4.69, 9.17) is 16.3 Å². The lowest BCUT2D eigenvalue weighted by atomic mass is 9.91. The molecule has 22 heavy (non-hydrogen) atoms. The summed E-state index contributed by atoms with van der Waals surface area (Å²) >= 11 is 5.92. The zero-order valence-electron chi connectivity index (χ0n) is 12.1. The highest BCUT2D eigenvalue weighted by Gasteiger charge is 2.41. The second kappa shape index (κ2) is 6.50. The Morgan fingerprint density at radius 3 is 2.68 bits per heavy atom. The van der Waals surface area contributed by atoms with E-state index in [1.165, 1.54) is 18.2 Å². The molecule has 1 aromatic carbocycles. The van der Waals surface area contributed by atoms with Crippen LogP contribution in [0.25, 0.3) is 0 Å². The average Bonchev–Trinajstić information content (AvgIpc) is 2.48. The lowest BCUT2D eigenvalue weighted by molar-refractivity contribution is -0.384. The van der Waals surface area contributed by atoms with Crippen LogP contribution in [-0.4, -0.2) is 41.3 Å². The minimum absolute atomic E-state index is 0.0500. The third-order valence-corrected chi connectivity index (χ3v) is 3.96. The Bertz CT molecular complexity index is 585. The molecule has 0 bridgehead atoms. The van der Waals surface area contributed by atoms with Gasteiger partial charge in [-0.2, -0.15) is 0 Å². The van der Waals surface area contributed by atoms with Gasteiger partial charge in [-0.05, 0) is 19.1 Å². The standard InChI is InChI=1S/C14H17ClN2O5/c1-2-22-13(18)14(19)5-7-16(8-6-14)12-9-10(15)3-4-11(12)17(20)21/h3-4,9,19H,2,5-8H2,1H3. The number of anilines is 1. The van der Waals surface area contributed by atoms with Crippen molar-refractivity contribution < 1.29 is 19.6 Å². The summed E-state index contributed by atoms with van der Waals surface area (Å²) in [6.07, 6.45) is 0.297. The van der Waals surface area contributed by atoms with E-state index >= 15 is 0 Å². The van der Waals surface area contributed by atoms with Crippen molar-refractivity contribution in [2.75, 3.05) is 24.6 Å². The van der Waals surface area contributed by atoms with E-state index in [0.717, 1.165) is 0 Å². The maximum atomic E-state index is 11.8. The fraction of sp³-hybridized carbons (Fsp3) is 0.500. The van der Waals surface area contributed by atoms with Gasteiger partial charge in [0, 0.05) is 37.0 Å². The zero-order valence-corrected chi connectivity index (χ0v) is 12.9. The fourth-order valence-electron chi connectivity index (χ4n) is 2.49. The molecule has 0 saturated carbocycles. The number of benzene rings is 1. The molecule has 8 heteroatoms. The van der Waals surface area contributed by atoms with Crippen LogP contribution >= 0.6 is 11.6 Å². The molecule has 0 radical (unpaired) electrons. The van der Waals surface area contributed by atoms with Crippen molar-refractivity contribution in [1.82, 2.24) is 0 Å². The topological polar surface area (TPSA) is 92.9 Å². The van der Waals surface area contributed by atoms with Crippen LogP contribution in [0.4, 0.5) is 11.4 Å². The number of carbonyl (C=O) groups excluding carboxylic acids is 1. The number of piperidine rings is 1. The first-order valence-corrected chi connectivity index (χ1v) is 7.33. The molecule has 1 fully saturated rings. The Morgan fingerprint density at radius 1 is 1.50 bits per heavy atom. The summed E-state index contributed by atoms with van der Waals surface area (Å²) in [6.45, 7) is 2.48. The number of halogens is 1. The number of rotatable bonds is 4. The van der Waals surface area contributed by atoms with E-state index in [1.807, 2.05) is 0 Å². The molecule has 0 aromatic heterocycles. The van der Waals surface area contributed by atoms with Gasteiger partial charge < -0.3 is 14.7 Å². The molecule has 1 N–H and O–H groups in total. The predicted octanol–water partition coefficient (Wildman–Crippen LogP) is 2.14. The number of hydrogen-bond donors (Lipinski definition) is 1. The van der Waals surface area contributed by atoms with E-state index in [1.54, 1.807) is 11.8 Å². The van der Waals surface area contributed by atoms with Gasteiger partial charge in [-0.15, -0.1) is 0 Å². The number of aliphatic hydroxyl groups is 1. The molecule has 1 aliphatic rings. The van der Waals surface area contributed by atoms with Crippen LogP contribution in [0.3, 0.4) is 0 Å². The third-order valence-electron chi connectivity index (χ3n) is 3.72. The van der Waals surface area contributed by atoms with Crippen molar-refractivity contribution >= 4 is 28.9 Å². The Balaban J connectivity index is 2.17. The number of hydrogen-bond acceptors (Lipinski definition) is 6. The molecule has 2 rings (SSSR count). The molecule has 1 saturated heterocycles. The van der Waals surface area contributed by atoms with Crippen LogP contribution in [0.2, 0.25) is 5.02 Å². The number of esters is 1. The number of nitro benzene ring substituents is 1. The highest BCUT2D eigenvalue weighted by Crippen LogP contribution is 2.35. The number of nitrogens with zero attached hydrogens (tertiary/aromatic N) is 2. The summed E-state index contributed by atoms with van der Waals surface area (Å²) in [6, 6.07) is 4.33. The van der Waals surface area contributed by atoms with E-state index in [-0.39, 0.29) is 25.1 Å². The van der Waals surface area contributed by atoms with E-state index in [9.17, 15) is 20.0 Å². The van der Waals surface area contributed by atoms with Crippen molar-refractivity contribution in [3.05, 3.63) is 33.3 Å². The normalized spacial score (nSPS) is 17.1. The highest BCUT2D eigenvalue weighted by atomic mass is 35.5. The molecule has 1 heterocycles. The molecule has 0 aliphatic carbocycles. The van der Waals surface area contributed by atoms with Gasteiger partial charge in [-0.25, -0.2) is 4.79 Å². The molecule has 1 aliphatic heterocycles. The van der Waals surface area contributed by atoms with Crippen molar-refractivity contribution in [3.63, 3.8) is 0 Å². The first kappa shape index (κ1) is 16.5. The van der Waals surface area contributed by atoms with Crippen LogP contribution in [0, 0.1) is 10.1 Å². The summed E-state index contributed by atoms with van der Waals surface area (Å²) in [5, 5.41) is 21.8. The van der Waals surface area contributed by atoms with E-state index in [0.29, 0.717) is 23.8 Å². The minimum Gasteiger partial charge on any atom is -0.464 e. The van der Waals surface area contributed by atoms with Gasteiger partial charge in [-0.1, -0.05) is 11.6 Å². The van der Waals surface area contributed by atoms with Gasteiger partial charge in [0.15, 0.2) is 5.60 Å². The van der Waals surface area contributed by atoms with Crippen LogP contribution in [-0.2, 0) is 9.53 Å². The molecule has 7 nitrogen and oxygen atoms in total. The maximum Gasteiger partial charge on any atom is 0.338 e. The van der Waals surface area contributed by atoms with Gasteiger partial charge in [-0.3, -0.25) is 10.1 Å². The predicted molar refractivity (Wildman–Crippen MR) is 81.1 cm³/mol. The van der Waals surface area contributed by atoms with Gasteiger partial charge in [0.25, 0.3) is 5.69 Å². The minimum atomic E-state index is -1.53. The van der Waals surface area contributed by atoms with Gasteiger partial charge in [0.1, 0.15) is 5.69 Å². The number of carbonyl (C=O) groups is 1. The Morgan fingerprint density at radius 2 is 2.14 bits per heavy atom. The first-order chi connectivity index (χ1) is 10.4. The monoisotopic (exact) mass is 328 g/mol. The number of ether oxygens (including phenoxy) is 1. The molecule has 0 atom stereocenters. The summed E-state index contributed by atoms with van der Waals surface area (Å²) in [7, 11) is 0. The fourth-order valence-corrected chi connectivity index (χ4v) is 2.66. The van der Waals surface area contributed by atoms with Crippen molar-refractivity contribution in [1.29, 1.82) is 0 Å². The van der Waals surface area contributed by atoms with Crippen LogP contribution in [0.15, 0.2) is 18.2 Å². The molecule has 0 amide bonds. The van der Waals surface area contributed by atoms with E-state index < -0.39 is 16.5 Å². The zero-order chi connectivity index (χ0) is 16.3. The van der Waals surface area contributed by atoms with Crippen LogP contribution < -0.4 is 4.90 Å². The van der Waals surface area contributed by atoms with E-state index in [2.05, 4.69) is 0 Å². The largest absolute Gasteiger partial charge is 0.464 e. The summed E-state index contributed by atoms with van der Waals surface area (Å²) in [4.78, 5) is 24.2. The van der Waals surface area contributed by atoms with Crippen LogP contribution in [0.1, 0.15) is 19.8 Å². The van der Waals surface area contributed by atoms with Crippen molar-refractivity contribution in [2.45, 2.75) is 25.4 Å². The lowest BCUT2D eigenvalue weighted by Gasteiger charge is -2.37. The van der Waals surface area contributed by atoms with Crippen LogP contribution in [0.5, 0.6) is 0 Å². The molecule has 0 unspecified atom stereocenters. The Labute approximate surface area is 132 Å². The molecular weight excluding hydrogens is 312 g/mol. The summed E-state index contributed by atoms with van der Waals surface area (Å²) < 4.78 is 4.87. The second-order valence-electron chi connectivity index (χ2n) is 5.13. The lowest BCUT2D eigenvalue weighted by Crippen LogP contribution is -2.50. The Hall–Kier alpha value is -1.86. The summed E-state index contributed by atoms with van der Waals surface area (Å²) in [5.41, 5.74) is -1.19. The third kappa shape index (κ3) is 3.31. The summed E-state index contributed by atoms with van der Waals surface area (Å²) in [5.74, 6) is -0.643. The Kier molecular flexibility index (Phi) is 4.87. The molecule has 120 valence electrons. The molecule has 0 spiro atoms. The number of nitro groups is 1. The first-order valence-electron chi connectivity index (χ1n) is 6.96. The quantitative estimate of drug-likeness (QED) is 0.517. The average molecular weight is 329 g/mol. The van der Waals surface area contributed by atoms with Gasteiger partial charge in [0.2, 0.25) is 0 Å². The van der Waals surface area contributed by atoms with Crippen molar-refractivity contribution in [2.24, 2.45) is 0 Å². The molecule has 1 aromatic rings. The van der Waals surface area contributed by atoms with Gasteiger partial charge in [0.05, 0.1) is 11.5 Å². The molecular formula is C14H17ClN2O5. The van der Waals surface area contributed by atoms with Gasteiger partial charge >= 0.3 is 5.97 Å².